The molecule has 3 nitrogen and oxygen atoms in total. The maximum Gasteiger partial charge on any atom is 0.193 e. The Hall–Kier alpha value is -3.85. The quantitative estimate of drug-likeness (QED) is 0.278. The summed E-state index contributed by atoms with van der Waals surface area (Å²) in [5.74, 6) is -0.00833. The third kappa shape index (κ3) is 3.79. The molecule has 0 bridgehead atoms. The van der Waals surface area contributed by atoms with Crippen molar-refractivity contribution in [3.63, 3.8) is 0 Å². The number of nitrogens with zero attached hydrogens (tertiary/aromatic N) is 2. The summed E-state index contributed by atoms with van der Waals surface area (Å²) in [5.41, 5.74) is 4.54. The van der Waals surface area contributed by atoms with Crippen molar-refractivity contribution in [1.29, 1.82) is 0 Å². The molecule has 0 N–H and O–H groups in total. The van der Waals surface area contributed by atoms with Crippen molar-refractivity contribution < 1.29 is 4.79 Å². The summed E-state index contributed by atoms with van der Waals surface area (Å²) >= 11 is 0. The second-order valence-electron chi connectivity index (χ2n) is 6.29. The van der Waals surface area contributed by atoms with E-state index in [1.807, 2.05) is 109 Å². The van der Waals surface area contributed by atoms with E-state index in [9.17, 15) is 4.79 Å². The van der Waals surface area contributed by atoms with Crippen LogP contribution in [0.4, 0.5) is 11.4 Å². The van der Waals surface area contributed by atoms with Gasteiger partial charge in [-0.1, -0.05) is 91.0 Å². The highest BCUT2D eigenvalue weighted by Gasteiger charge is 2.16. The van der Waals surface area contributed by atoms with Gasteiger partial charge in [-0.2, -0.15) is 5.11 Å². The fraction of sp³-hybridized carbons (Fsp3) is 0. The van der Waals surface area contributed by atoms with Crippen LogP contribution in [0.2, 0.25) is 0 Å². The van der Waals surface area contributed by atoms with Gasteiger partial charge in [-0.25, -0.2) is 0 Å². The third-order valence-corrected chi connectivity index (χ3v) is 4.43. The van der Waals surface area contributed by atoms with Gasteiger partial charge >= 0.3 is 0 Å². The second kappa shape index (κ2) is 8.23. The van der Waals surface area contributed by atoms with Crippen molar-refractivity contribution in [3.8, 4) is 11.1 Å². The van der Waals surface area contributed by atoms with Crippen molar-refractivity contribution in [1.82, 2.24) is 0 Å². The molecule has 0 fully saturated rings. The molecule has 0 aliphatic heterocycles. The van der Waals surface area contributed by atoms with Gasteiger partial charge in [0.25, 0.3) is 0 Å². The predicted molar refractivity (Wildman–Crippen MR) is 112 cm³/mol. The Morgan fingerprint density at radius 2 is 1.11 bits per heavy atom. The van der Waals surface area contributed by atoms with E-state index in [1.165, 1.54) is 0 Å². The number of azo groups is 1. The van der Waals surface area contributed by atoms with Crippen LogP contribution in [-0.2, 0) is 0 Å². The number of carbonyl (C=O) groups is 1. The van der Waals surface area contributed by atoms with Gasteiger partial charge < -0.3 is 0 Å². The van der Waals surface area contributed by atoms with Gasteiger partial charge in [0.05, 0.1) is 11.4 Å². The fourth-order valence-electron chi connectivity index (χ4n) is 3.06. The number of hydrogen-bond acceptors (Lipinski definition) is 3. The molecule has 0 atom stereocenters. The van der Waals surface area contributed by atoms with Gasteiger partial charge in [0.2, 0.25) is 0 Å². The normalized spacial score (nSPS) is 10.9. The summed E-state index contributed by atoms with van der Waals surface area (Å²) in [6.07, 6.45) is 0. The second-order valence-corrected chi connectivity index (χ2v) is 6.29. The molecular formula is C25H18N2O. The number of rotatable bonds is 5. The molecule has 3 heteroatoms. The number of benzene rings is 4. The molecule has 0 heterocycles. The third-order valence-electron chi connectivity index (χ3n) is 4.43. The summed E-state index contributed by atoms with van der Waals surface area (Å²) in [6, 6.07) is 34.3. The molecule has 0 radical (unpaired) electrons. The van der Waals surface area contributed by atoms with Gasteiger partial charge in [-0.3, -0.25) is 4.79 Å². The molecule has 4 rings (SSSR count). The van der Waals surface area contributed by atoms with E-state index in [1.54, 1.807) is 0 Å². The molecule has 0 aliphatic carbocycles. The molecule has 134 valence electrons. The minimum atomic E-state index is -0.00833. The Kier molecular flexibility index (Phi) is 5.16. The maximum atomic E-state index is 13.1. The Bertz CT molecular complexity index is 1120. The smallest absolute Gasteiger partial charge is 0.193 e. The van der Waals surface area contributed by atoms with Crippen molar-refractivity contribution in [2.24, 2.45) is 10.2 Å². The molecule has 0 amide bonds. The molecule has 0 saturated heterocycles. The minimum Gasteiger partial charge on any atom is -0.289 e. The molecule has 4 aromatic carbocycles. The van der Waals surface area contributed by atoms with Crippen LogP contribution in [0.3, 0.4) is 0 Å². The van der Waals surface area contributed by atoms with Crippen LogP contribution in [0.15, 0.2) is 119 Å². The number of ketones is 1. The van der Waals surface area contributed by atoms with E-state index < -0.39 is 0 Å². The van der Waals surface area contributed by atoms with Crippen LogP contribution in [0.1, 0.15) is 15.9 Å². The van der Waals surface area contributed by atoms with E-state index in [-0.39, 0.29) is 5.78 Å². The first-order chi connectivity index (χ1) is 13.8. The van der Waals surface area contributed by atoms with Crippen LogP contribution in [0, 0.1) is 0 Å². The highest BCUT2D eigenvalue weighted by atomic mass is 16.1. The van der Waals surface area contributed by atoms with Crippen molar-refractivity contribution >= 4 is 17.2 Å². The van der Waals surface area contributed by atoms with E-state index in [4.69, 9.17) is 0 Å². The van der Waals surface area contributed by atoms with Gasteiger partial charge in [0.1, 0.15) is 0 Å². The first-order valence-electron chi connectivity index (χ1n) is 9.08. The Labute approximate surface area is 164 Å². The zero-order chi connectivity index (χ0) is 19.2. The lowest BCUT2D eigenvalue weighted by molar-refractivity contribution is 0.103. The van der Waals surface area contributed by atoms with Gasteiger partial charge in [0.15, 0.2) is 5.78 Å². The summed E-state index contributed by atoms with van der Waals surface area (Å²) in [7, 11) is 0. The zero-order valence-corrected chi connectivity index (χ0v) is 15.2. The summed E-state index contributed by atoms with van der Waals surface area (Å²) < 4.78 is 0. The van der Waals surface area contributed by atoms with E-state index in [0.29, 0.717) is 11.1 Å². The van der Waals surface area contributed by atoms with E-state index >= 15 is 0 Å². The SMILES string of the molecule is O=C(c1ccccc1)c1ccccc1-c1ccccc1N=Nc1ccccc1. The van der Waals surface area contributed by atoms with Crippen molar-refractivity contribution in [3.05, 3.63) is 120 Å². The Morgan fingerprint density at radius 1 is 0.536 bits per heavy atom. The summed E-state index contributed by atoms with van der Waals surface area (Å²) in [4.78, 5) is 13.1. The molecule has 0 aromatic heterocycles. The lowest BCUT2D eigenvalue weighted by Gasteiger charge is -2.11. The molecule has 0 spiro atoms. The van der Waals surface area contributed by atoms with Crippen molar-refractivity contribution in [2.75, 3.05) is 0 Å². The molecule has 28 heavy (non-hydrogen) atoms. The highest BCUT2D eigenvalue weighted by molar-refractivity contribution is 6.13. The monoisotopic (exact) mass is 362 g/mol. The predicted octanol–water partition coefficient (Wildman–Crippen LogP) is 7.00. The average Bonchev–Trinajstić information content (AvgIpc) is 2.79. The lowest BCUT2D eigenvalue weighted by atomic mass is 9.93. The number of carbonyl (C=O) groups excluding carboxylic acids is 1. The lowest BCUT2D eigenvalue weighted by Crippen LogP contribution is -2.03. The summed E-state index contributed by atoms with van der Waals surface area (Å²) in [5, 5.41) is 8.78. The maximum absolute atomic E-state index is 13.1. The van der Waals surface area contributed by atoms with Crippen molar-refractivity contribution in [2.45, 2.75) is 0 Å². The highest BCUT2D eigenvalue weighted by Crippen LogP contribution is 2.34. The van der Waals surface area contributed by atoms with Gasteiger partial charge in [-0.05, 0) is 23.8 Å². The Balaban J connectivity index is 1.77. The first-order valence-corrected chi connectivity index (χ1v) is 9.08. The topological polar surface area (TPSA) is 41.8 Å². The van der Waals surface area contributed by atoms with Crippen LogP contribution in [-0.4, -0.2) is 5.78 Å². The molecule has 0 aliphatic rings. The molecule has 0 saturated carbocycles. The summed E-state index contributed by atoms with van der Waals surface area (Å²) in [6.45, 7) is 0. The largest absolute Gasteiger partial charge is 0.289 e. The van der Waals surface area contributed by atoms with E-state index in [0.717, 1.165) is 22.5 Å². The molecule has 0 unspecified atom stereocenters. The van der Waals surface area contributed by atoms with Crippen LogP contribution >= 0.6 is 0 Å². The fourth-order valence-corrected chi connectivity index (χ4v) is 3.06. The van der Waals surface area contributed by atoms with Gasteiger partial charge in [-0.15, -0.1) is 5.11 Å². The molecular weight excluding hydrogens is 344 g/mol. The minimum absolute atomic E-state index is 0.00833. The standard InChI is InChI=1S/C25H18N2O/c28-25(19-11-3-1-4-12-19)23-17-8-7-15-21(23)22-16-9-10-18-24(22)27-26-20-13-5-2-6-14-20/h1-18H. The Morgan fingerprint density at radius 3 is 1.86 bits per heavy atom. The van der Waals surface area contributed by atoms with Crippen LogP contribution in [0.5, 0.6) is 0 Å². The number of hydrogen-bond donors (Lipinski definition) is 0. The van der Waals surface area contributed by atoms with Crippen LogP contribution < -0.4 is 0 Å². The van der Waals surface area contributed by atoms with E-state index in [2.05, 4.69) is 10.2 Å². The molecule has 4 aromatic rings. The van der Waals surface area contributed by atoms with Gasteiger partial charge in [0, 0.05) is 16.7 Å². The zero-order valence-electron chi connectivity index (χ0n) is 15.2. The first kappa shape index (κ1) is 17.6. The average molecular weight is 362 g/mol. The van der Waals surface area contributed by atoms with Crippen LogP contribution in [0.25, 0.3) is 11.1 Å².